The molecule has 0 radical (unpaired) electrons. The Morgan fingerprint density at radius 3 is 2.36 bits per heavy atom. The van der Waals surface area contributed by atoms with Gasteiger partial charge in [-0.15, -0.1) is 0 Å². The van der Waals surface area contributed by atoms with E-state index >= 15 is 0 Å². The average Bonchev–Trinajstić information content (AvgIpc) is 3.02. The molecule has 2 aromatic rings. The molecule has 0 saturated carbocycles. The zero-order valence-electron chi connectivity index (χ0n) is 13.1. The van der Waals surface area contributed by atoms with Crippen molar-refractivity contribution in [3.8, 4) is 17.5 Å². The quantitative estimate of drug-likeness (QED) is 0.796. The number of pyridine rings is 1. The third-order valence-electron chi connectivity index (χ3n) is 4.23. The van der Waals surface area contributed by atoms with Crippen molar-refractivity contribution in [1.29, 1.82) is 5.26 Å². The van der Waals surface area contributed by atoms with Crippen LogP contribution in [0.15, 0.2) is 34.7 Å². The Labute approximate surface area is 130 Å². The second kappa shape index (κ2) is 4.97. The van der Waals surface area contributed by atoms with Gasteiger partial charge in [0.05, 0.1) is 11.2 Å². The summed E-state index contributed by atoms with van der Waals surface area (Å²) in [4.78, 5) is 4.22. The van der Waals surface area contributed by atoms with E-state index in [1.807, 2.05) is 45.9 Å². The first-order valence-corrected chi connectivity index (χ1v) is 7.15. The van der Waals surface area contributed by atoms with Gasteiger partial charge in [-0.25, -0.2) is 4.98 Å². The van der Waals surface area contributed by atoms with E-state index in [1.54, 1.807) is 18.2 Å². The highest BCUT2D eigenvalue weighted by Gasteiger charge is 2.53. The number of hydrogen-bond donors (Lipinski definition) is 0. The molecule has 0 spiro atoms. The van der Waals surface area contributed by atoms with Crippen molar-refractivity contribution in [3.63, 3.8) is 0 Å². The first-order valence-electron chi connectivity index (χ1n) is 7.15. The van der Waals surface area contributed by atoms with Gasteiger partial charge in [0.25, 0.3) is 0 Å². The van der Waals surface area contributed by atoms with Crippen LogP contribution >= 0.6 is 0 Å². The topological polar surface area (TPSA) is 68.3 Å². The lowest BCUT2D eigenvalue weighted by Crippen LogP contribution is -2.41. The fourth-order valence-electron chi connectivity index (χ4n) is 2.21. The Bertz CT molecular complexity index is 730. The molecule has 1 aliphatic heterocycles. The van der Waals surface area contributed by atoms with Crippen LogP contribution in [0, 0.1) is 11.3 Å². The predicted molar refractivity (Wildman–Crippen MR) is 82.4 cm³/mol. The van der Waals surface area contributed by atoms with Gasteiger partial charge in [0.2, 0.25) is 0 Å². The summed E-state index contributed by atoms with van der Waals surface area (Å²) in [7, 11) is -0.544. The Balaban J connectivity index is 1.88. The van der Waals surface area contributed by atoms with Crippen LogP contribution in [0.4, 0.5) is 0 Å². The van der Waals surface area contributed by atoms with Crippen molar-refractivity contribution >= 4 is 12.8 Å². The van der Waals surface area contributed by atoms with E-state index in [0.29, 0.717) is 22.8 Å². The molecule has 3 rings (SSSR count). The highest BCUT2D eigenvalue weighted by Crippen LogP contribution is 2.36. The van der Waals surface area contributed by atoms with Crippen molar-refractivity contribution in [2.24, 2.45) is 0 Å². The van der Waals surface area contributed by atoms with E-state index in [4.69, 9.17) is 19.0 Å². The summed E-state index contributed by atoms with van der Waals surface area (Å²) in [6.07, 6.45) is 0. The van der Waals surface area contributed by atoms with E-state index in [-0.39, 0.29) is 0 Å². The van der Waals surface area contributed by atoms with Crippen LogP contribution in [0.2, 0.25) is 0 Å². The number of furan rings is 1. The Morgan fingerprint density at radius 1 is 1.05 bits per heavy atom. The minimum Gasteiger partial charge on any atom is -0.463 e. The van der Waals surface area contributed by atoms with Gasteiger partial charge in [-0.3, -0.25) is 0 Å². The van der Waals surface area contributed by atoms with E-state index < -0.39 is 18.3 Å². The lowest BCUT2D eigenvalue weighted by atomic mass is 9.86. The van der Waals surface area contributed by atoms with Crippen molar-refractivity contribution in [1.82, 2.24) is 4.98 Å². The Hall–Kier alpha value is -2.10. The third-order valence-corrected chi connectivity index (χ3v) is 4.23. The largest absolute Gasteiger partial charge is 0.532 e. The molecule has 0 aliphatic carbocycles. The molecule has 22 heavy (non-hydrogen) atoms. The molecule has 112 valence electrons. The van der Waals surface area contributed by atoms with Gasteiger partial charge in [-0.2, -0.15) is 5.26 Å². The molecule has 1 aliphatic rings. The molecule has 3 heterocycles. The minimum absolute atomic E-state index is 0.353. The standard InChI is InChI=1S/C16H17BN2O3/c1-15(2)16(3,4)22-17(21-15)14-9-8-13(20-14)12-7-5-6-11(10-18)19-12/h5-9H,1-4H3. The summed E-state index contributed by atoms with van der Waals surface area (Å²) < 4.78 is 17.7. The second-order valence-electron chi connectivity index (χ2n) is 6.31. The van der Waals surface area contributed by atoms with Crippen molar-refractivity contribution in [3.05, 3.63) is 36.0 Å². The average molecular weight is 296 g/mol. The summed E-state index contributed by atoms with van der Waals surface area (Å²) in [6.45, 7) is 7.98. The molecule has 1 fully saturated rings. The lowest BCUT2D eigenvalue weighted by Gasteiger charge is -2.32. The molecule has 0 unspecified atom stereocenters. The maximum atomic E-state index is 8.92. The van der Waals surface area contributed by atoms with Crippen LogP contribution in [0.25, 0.3) is 11.5 Å². The number of aromatic nitrogens is 1. The maximum Gasteiger partial charge on any atom is 0.532 e. The molecular formula is C16H17BN2O3. The summed E-state index contributed by atoms with van der Waals surface area (Å²) in [5.41, 5.74) is 0.735. The molecule has 2 aromatic heterocycles. The van der Waals surface area contributed by atoms with Crippen LogP contribution in [-0.2, 0) is 9.31 Å². The highest BCUT2D eigenvalue weighted by atomic mass is 16.7. The van der Waals surface area contributed by atoms with Crippen LogP contribution in [-0.4, -0.2) is 23.3 Å². The van der Waals surface area contributed by atoms with Crippen LogP contribution in [0.5, 0.6) is 0 Å². The van der Waals surface area contributed by atoms with E-state index in [1.165, 1.54) is 0 Å². The zero-order chi connectivity index (χ0) is 16.0. The molecule has 6 heteroatoms. The SMILES string of the molecule is CC1(C)OB(c2ccc(-c3cccc(C#N)n3)o2)OC1(C)C. The van der Waals surface area contributed by atoms with Crippen molar-refractivity contribution in [2.75, 3.05) is 0 Å². The van der Waals surface area contributed by atoms with Gasteiger partial charge in [0.15, 0.2) is 5.76 Å². The van der Waals surface area contributed by atoms with E-state index in [9.17, 15) is 0 Å². The number of hydrogen-bond acceptors (Lipinski definition) is 5. The maximum absolute atomic E-state index is 8.92. The molecule has 5 nitrogen and oxygen atoms in total. The van der Waals surface area contributed by atoms with Crippen LogP contribution in [0.1, 0.15) is 33.4 Å². The molecule has 0 N–H and O–H groups in total. The van der Waals surface area contributed by atoms with Gasteiger partial charge < -0.3 is 13.7 Å². The first-order chi connectivity index (χ1) is 10.3. The zero-order valence-corrected chi connectivity index (χ0v) is 13.1. The molecular weight excluding hydrogens is 279 g/mol. The first kappa shape index (κ1) is 14.8. The molecule has 0 aromatic carbocycles. The summed E-state index contributed by atoms with van der Waals surface area (Å²) in [5.74, 6) is 0.585. The predicted octanol–water partition coefficient (Wildman–Crippen LogP) is 2.51. The summed E-state index contributed by atoms with van der Waals surface area (Å²) in [6, 6.07) is 10.9. The number of nitrogens with zero attached hydrogens (tertiary/aromatic N) is 2. The third kappa shape index (κ3) is 2.43. The summed E-state index contributed by atoms with van der Waals surface area (Å²) >= 11 is 0. The van der Waals surface area contributed by atoms with Gasteiger partial charge in [-0.1, -0.05) is 6.07 Å². The van der Waals surface area contributed by atoms with Crippen molar-refractivity contribution < 1.29 is 13.7 Å². The van der Waals surface area contributed by atoms with Gasteiger partial charge in [-0.05, 0) is 52.0 Å². The van der Waals surface area contributed by atoms with Gasteiger partial charge in [0.1, 0.15) is 23.1 Å². The minimum atomic E-state index is -0.544. The normalized spacial score (nSPS) is 19.1. The van der Waals surface area contributed by atoms with Crippen molar-refractivity contribution in [2.45, 2.75) is 38.9 Å². The van der Waals surface area contributed by atoms with E-state index in [0.717, 1.165) is 0 Å². The number of nitriles is 1. The van der Waals surface area contributed by atoms with Crippen LogP contribution in [0.3, 0.4) is 0 Å². The van der Waals surface area contributed by atoms with Gasteiger partial charge >= 0.3 is 7.12 Å². The Kier molecular flexibility index (Phi) is 3.35. The van der Waals surface area contributed by atoms with Crippen LogP contribution < -0.4 is 5.66 Å². The molecule has 0 amide bonds. The van der Waals surface area contributed by atoms with Gasteiger partial charge in [0, 0.05) is 0 Å². The fourth-order valence-corrected chi connectivity index (χ4v) is 2.21. The second-order valence-corrected chi connectivity index (χ2v) is 6.31. The molecule has 0 bridgehead atoms. The Morgan fingerprint density at radius 2 is 1.73 bits per heavy atom. The molecule has 0 atom stereocenters. The molecule has 1 saturated heterocycles. The smallest absolute Gasteiger partial charge is 0.463 e. The van der Waals surface area contributed by atoms with E-state index in [2.05, 4.69) is 4.98 Å². The summed E-state index contributed by atoms with van der Waals surface area (Å²) in [5, 5.41) is 8.92. The monoisotopic (exact) mass is 296 g/mol. The fraction of sp³-hybridized carbons (Fsp3) is 0.375. The lowest BCUT2D eigenvalue weighted by molar-refractivity contribution is 0.00578. The highest BCUT2D eigenvalue weighted by molar-refractivity contribution is 6.60. The number of rotatable bonds is 2.